The molecule has 0 spiro atoms. The Labute approximate surface area is 176 Å². The standard InChI is InChI=1S/C22H17FN4O4/c23-16-4-8-17(9-5-16)26-21-15(11-14-1-6-18(7-2-14)27(29)30)3-10-19(21)20(24-26)22(28)25-12-31-13-25/h1-2,4-9,11H,3,10,12-13H2/b15-11+. The number of nitro groups is 1. The molecule has 1 saturated heterocycles. The van der Waals surface area contributed by atoms with Crippen LogP contribution in [-0.2, 0) is 11.2 Å². The molecule has 0 atom stereocenters. The van der Waals surface area contributed by atoms with Crippen LogP contribution >= 0.6 is 0 Å². The smallest absolute Gasteiger partial charge is 0.278 e. The summed E-state index contributed by atoms with van der Waals surface area (Å²) in [6, 6.07) is 12.2. The van der Waals surface area contributed by atoms with Crippen LogP contribution in [0.15, 0.2) is 48.5 Å². The normalized spacial score (nSPS) is 16.3. The summed E-state index contributed by atoms with van der Waals surface area (Å²) in [5.74, 6) is -0.553. The summed E-state index contributed by atoms with van der Waals surface area (Å²) in [5, 5.41) is 15.5. The lowest BCUT2D eigenvalue weighted by Crippen LogP contribution is -2.44. The SMILES string of the molecule is O=C(c1nn(-c2ccc(F)cc2)c2c1CC/C2=C\c1ccc([N+](=O)[O-])cc1)N1COC1. The highest BCUT2D eigenvalue weighted by molar-refractivity contribution is 5.97. The van der Waals surface area contributed by atoms with Gasteiger partial charge in [0.05, 0.1) is 16.3 Å². The van der Waals surface area contributed by atoms with Gasteiger partial charge in [-0.3, -0.25) is 19.8 Å². The molecule has 0 saturated carbocycles. The number of nitrogens with zero attached hydrogens (tertiary/aromatic N) is 4. The first kappa shape index (κ1) is 19.1. The van der Waals surface area contributed by atoms with Crippen molar-refractivity contribution in [3.05, 3.63) is 87.0 Å². The second kappa shape index (κ2) is 7.44. The molecule has 1 amide bonds. The van der Waals surface area contributed by atoms with Crippen LogP contribution in [0.3, 0.4) is 0 Å². The highest BCUT2D eigenvalue weighted by Gasteiger charge is 2.34. The van der Waals surface area contributed by atoms with Gasteiger partial charge in [-0.1, -0.05) is 0 Å². The Morgan fingerprint density at radius 3 is 2.42 bits per heavy atom. The molecule has 0 bridgehead atoms. The van der Waals surface area contributed by atoms with Crippen LogP contribution in [0.2, 0.25) is 0 Å². The van der Waals surface area contributed by atoms with Gasteiger partial charge in [-0.05, 0) is 66.5 Å². The summed E-state index contributed by atoms with van der Waals surface area (Å²) in [6.45, 7) is 0.477. The van der Waals surface area contributed by atoms with Gasteiger partial charge in [-0.15, -0.1) is 0 Å². The Bertz CT molecular complexity index is 1210. The Kier molecular flexibility index (Phi) is 4.59. The number of non-ortho nitro benzene ring substituents is 1. The van der Waals surface area contributed by atoms with E-state index in [1.54, 1.807) is 33.8 Å². The van der Waals surface area contributed by atoms with Crippen molar-refractivity contribution in [3.8, 4) is 5.69 Å². The Balaban J connectivity index is 1.60. The Morgan fingerprint density at radius 1 is 1.10 bits per heavy atom. The second-order valence-electron chi connectivity index (χ2n) is 7.39. The Hall–Kier alpha value is -3.85. The Morgan fingerprint density at radius 2 is 1.81 bits per heavy atom. The van der Waals surface area contributed by atoms with Crippen molar-refractivity contribution < 1.29 is 18.8 Å². The van der Waals surface area contributed by atoms with Crippen molar-refractivity contribution in [2.75, 3.05) is 13.5 Å². The monoisotopic (exact) mass is 420 g/mol. The van der Waals surface area contributed by atoms with Crippen LogP contribution < -0.4 is 0 Å². The number of ether oxygens (including phenoxy) is 1. The number of nitro benzene ring substituents is 1. The fourth-order valence-corrected chi connectivity index (χ4v) is 3.82. The van der Waals surface area contributed by atoms with Crippen molar-refractivity contribution >= 4 is 23.2 Å². The second-order valence-corrected chi connectivity index (χ2v) is 7.39. The average molecular weight is 420 g/mol. The fraction of sp³-hybridized carbons (Fsp3) is 0.182. The maximum atomic E-state index is 13.5. The molecule has 5 rings (SSSR count). The number of hydrogen-bond acceptors (Lipinski definition) is 5. The number of allylic oxidation sites excluding steroid dienone is 1. The zero-order valence-corrected chi connectivity index (χ0v) is 16.3. The van der Waals surface area contributed by atoms with E-state index in [1.165, 1.54) is 24.3 Å². The number of benzene rings is 2. The molecule has 0 N–H and O–H groups in total. The van der Waals surface area contributed by atoms with E-state index in [-0.39, 0.29) is 30.9 Å². The molecular weight excluding hydrogens is 403 g/mol. The molecule has 1 aliphatic heterocycles. The zero-order valence-electron chi connectivity index (χ0n) is 16.3. The number of rotatable bonds is 4. The van der Waals surface area contributed by atoms with Crippen LogP contribution in [0.4, 0.5) is 10.1 Å². The zero-order chi connectivity index (χ0) is 21.5. The number of carbonyl (C=O) groups is 1. The number of aromatic nitrogens is 2. The van der Waals surface area contributed by atoms with Gasteiger partial charge in [0, 0.05) is 17.7 Å². The van der Waals surface area contributed by atoms with Gasteiger partial charge in [-0.2, -0.15) is 5.10 Å². The van der Waals surface area contributed by atoms with Crippen molar-refractivity contribution in [1.29, 1.82) is 0 Å². The minimum absolute atomic E-state index is 0.0234. The van der Waals surface area contributed by atoms with Gasteiger partial charge >= 0.3 is 0 Å². The van der Waals surface area contributed by atoms with Crippen LogP contribution in [0.5, 0.6) is 0 Å². The predicted octanol–water partition coefficient (Wildman–Crippen LogP) is 3.79. The topological polar surface area (TPSA) is 90.5 Å². The number of amides is 1. The van der Waals surface area contributed by atoms with Crippen LogP contribution in [-0.4, -0.2) is 39.0 Å². The summed E-state index contributed by atoms with van der Waals surface area (Å²) in [6.07, 6.45) is 3.28. The number of carbonyl (C=O) groups excluding carboxylic acids is 1. The number of hydrogen-bond donors (Lipinski definition) is 0. The van der Waals surface area contributed by atoms with Crippen LogP contribution in [0.25, 0.3) is 17.3 Å². The fourth-order valence-electron chi connectivity index (χ4n) is 3.82. The maximum Gasteiger partial charge on any atom is 0.278 e. The molecule has 2 aliphatic rings. The van der Waals surface area contributed by atoms with E-state index in [1.807, 2.05) is 6.08 Å². The average Bonchev–Trinajstić information content (AvgIpc) is 3.29. The van der Waals surface area contributed by atoms with Gasteiger partial charge in [0.25, 0.3) is 11.6 Å². The number of fused-ring (bicyclic) bond motifs is 1. The van der Waals surface area contributed by atoms with E-state index in [9.17, 15) is 19.3 Å². The largest absolute Gasteiger partial charge is 0.340 e. The molecule has 3 aromatic rings. The molecular formula is C22H17FN4O4. The van der Waals surface area contributed by atoms with Crippen LogP contribution in [0, 0.1) is 15.9 Å². The molecule has 1 fully saturated rings. The third-order valence-corrected chi connectivity index (χ3v) is 5.43. The molecule has 9 heteroatoms. The highest BCUT2D eigenvalue weighted by Crippen LogP contribution is 2.38. The van der Waals surface area contributed by atoms with Crippen LogP contribution in [0.1, 0.15) is 33.7 Å². The molecule has 31 heavy (non-hydrogen) atoms. The first-order valence-corrected chi connectivity index (χ1v) is 9.71. The van der Waals surface area contributed by atoms with E-state index in [2.05, 4.69) is 5.10 Å². The van der Waals surface area contributed by atoms with Gasteiger partial charge in [0.1, 0.15) is 19.3 Å². The van der Waals surface area contributed by atoms with E-state index in [4.69, 9.17) is 4.74 Å². The minimum atomic E-state index is -0.439. The summed E-state index contributed by atoms with van der Waals surface area (Å²) in [4.78, 5) is 24.9. The van der Waals surface area contributed by atoms with Gasteiger partial charge in [0.2, 0.25) is 0 Å². The molecule has 1 aliphatic carbocycles. The minimum Gasteiger partial charge on any atom is -0.340 e. The van der Waals surface area contributed by atoms with Gasteiger partial charge < -0.3 is 4.74 Å². The van der Waals surface area contributed by atoms with E-state index < -0.39 is 4.92 Å². The van der Waals surface area contributed by atoms with E-state index in [0.29, 0.717) is 24.2 Å². The summed E-state index contributed by atoms with van der Waals surface area (Å²) < 4.78 is 20.2. The quantitative estimate of drug-likeness (QED) is 0.473. The maximum absolute atomic E-state index is 13.5. The van der Waals surface area contributed by atoms with E-state index >= 15 is 0 Å². The van der Waals surface area contributed by atoms with Gasteiger partial charge in [0.15, 0.2) is 5.69 Å². The first-order chi connectivity index (χ1) is 15.0. The molecule has 2 aromatic carbocycles. The lowest BCUT2D eigenvalue weighted by atomic mass is 10.1. The molecule has 1 aromatic heterocycles. The lowest BCUT2D eigenvalue weighted by molar-refractivity contribution is -0.384. The number of halogens is 1. The summed E-state index contributed by atoms with van der Waals surface area (Å²) in [7, 11) is 0. The van der Waals surface area contributed by atoms with Crippen molar-refractivity contribution in [1.82, 2.24) is 14.7 Å². The third-order valence-electron chi connectivity index (χ3n) is 5.43. The molecule has 8 nitrogen and oxygen atoms in total. The first-order valence-electron chi connectivity index (χ1n) is 9.71. The predicted molar refractivity (Wildman–Crippen MR) is 110 cm³/mol. The highest BCUT2D eigenvalue weighted by atomic mass is 19.1. The molecule has 2 heterocycles. The summed E-state index contributed by atoms with van der Waals surface area (Å²) in [5.41, 5.74) is 4.45. The lowest BCUT2D eigenvalue weighted by Gasteiger charge is -2.30. The van der Waals surface area contributed by atoms with Crippen molar-refractivity contribution in [3.63, 3.8) is 0 Å². The third kappa shape index (κ3) is 3.38. The van der Waals surface area contributed by atoms with E-state index in [0.717, 1.165) is 22.4 Å². The molecule has 156 valence electrons. The van der Waals surface area contributed by atoms with Gasteiger partial charge in [-0.25, -0.2) is 9.07 Å². The molecule has 0 unspecified atom stereocenters. The van der Waals surface area contributed by atoms with Crippen molar-refractivity contribution in [2.45, 2.75) is 12.8 Å². The molecule has 0 radical (unpaired) electrons. The summed E-state index contributed by atoms with van der Waals surface area (Å²) >= 11 is 0. The van der Waals surface area contributed by atoms with Crippen molar-refractivity contribution in [2.24, 2.45) is 0 Å².